The lowest BCUT2D eigenvalue weighted by Gasteiger charge is -2.18. The number of aryl methyl sites for hydroxylation is 1. The van der Waals surface area contributed by atoms with Gasteiger partial charge in [-0.3, -0.25) is 4.90 Å². The molecule has 3 heteroatoms. The van der Waals surface area contributed by atoms with Gasteiger partial charge in [0.2, 0.25) is 0 Å². The summed E-state index contributed by atoms with van der Waals surface area (Å²) in [6.07, 6.45) is 7.35. The fraction of sp³-hybridized carbons (Fsp3) is 0.0833. The summed E-state index contributed by atoms with van der Waals surface area (Å²) < 4.78 is 0. The summed E-state index contributed by atoms with van der Waals surface area (Å²) in [6, 6.07) is 8.08. The van der Waals surface area contributed by atoms with Crippen LogP contribution in [0.1, 0.15) is 11.1 Å². The van der Waals surface area contributed by atoms with Crippen molar-refractivity contribution < 1.29 is 0 Å². The number of hydrogen-bond donors (Lipinski definition) is 1. The highest BCUT2D eigenvalue weighted by Crippen LogP contribution is 2.20. The van der Waals surface area contributed by atoms with Crippen molar-refractivity contribution in [1.29, 1.82) is 5.26 Å². The van der Waals surface area contributed by atoms with Crippen molar-refractivity contribution in [3.05, 3.63) is 54.0 Å². The summed E-state index contributed by atoms with van der Waals surface area (Å²) in [7, 11) is 0. The molecule has 0 unspecified atom stereocenters. The zero-order valence-corrected chi connectivity index (χ0v) is 8.44. The number of benzene rings is 1. The van der Waals surface area contributed by atoms with E-state index in [0.717, 1.165) is 11.3 Å². The molecule has 0 saturated heterocycles. The van der Waals surface area contributed by atoms with Crippen molar-refractivity contribution in [1.82, 2.24) is 10.2 Å². The molecular weight excluding hydrogens is 186 g/mol. The van der Waals surface area contributed by atoms with Gasteiger partial charge in [-0.15, -0.1) is 0 Å². The lowest BCUT2D eigenvalue weighted by molar-refractivity contribution is 0.719. The van der Waals surface area contributed by atoms with Gasteiger partial charge in [0, 0.05) is 24.2 Å². The zero-order chi connectivity index (χ0) is 10.7. The van der Waals surface area contributed by atoms with E-state index in [2.05, 4.69) is 11.5 Å². The normalized spacial score (nSPS) is 14.1. The summed E-state index contributed by atoms with van der Waals surface area (Å²) in [6.45, 7) is 2.04. The highest BCUT2D eigenvalue weighted by atomic mass is 15.1. The molecule has 1 heterocycles. The first kappa shape index (κ1) is 9.35. The lowest BCUT2D eigenvalue weighted by Crippen LogP contribution is -2.16. The van der Waals surface area contributed by atoms with E-state index in [1.54, 1.807) is 12.4 Å². The van der Waals surface area contributed by atoms with Gasteiger partial charge in [-0.05, 0) is 6.92 Å². The van der Waals surface area contributed by atoms with E-state index in [1.807, 2.05) is 37.4 Å². The Morgan fingerprint density at radius 1 is 1.27 bits per heavy atom. The maximum absolute atomic E-state index is 8.93. The van der Waals surface area contributed by atoms with Crippen LogP contribution < -0.4 is 5.32 Å². The first-order chi connectivity index (χ1) is 7.31. The fourth-order valence-corrected chi connectivity index (χ4v) is 1.43. The molecule has 1 aliphatic heterocycles. The Hall–Kier alpha value is -2.21. The Morgan fingerprint density at radius 2 is 2.00 bits per heavy atom. The third-order valence-corrected chi connectivity index (χ3v) is 2.25. The Morgan fingerprint density at radius 3 is 2.67 bits per heavy atom. The van der Waals surface area contributed by atoms with E-state index in [9.17, 15) is 0 Å². The smallest absolute Gasteiger partial charge is 0.188 e. The van der Waals surface area contributed by atoms with Gasteiger partial charge >= 0.3 is 0 Å². The molecule has 15 heavy (non-hydrogen) atoms. The molecule has 0 fully saturated rings. The van der Waals surface area contributed by atoms with E-state index < -0.39 is 0 Å². The molecule has 0 spiro atoms. The van der Waals surface area contributed by atoms with Gasteiger partial charge in [-0.2, -0.15) is 5.26 Å². The Balaban J connectivity index is 2.35. The van der Waals surface area contributed by atoms with Gasteiger partial charge in [0.1, 0.15) is 0 Å². The molecule has 0 amide bonds. The summed E-state index contributed by atoms with van der Waals surface area (Å²) >= 11 is 0. The van der Waals surface area contributed by atoms with Crippen LogP contribution in [0.5, 0.6) is 0 Å². The second-order valence-electron chi connectivity index (χ2n) is 3.35. The van der Waals surface area contributed by atoms with Gasteiger partial charge in [-0.25, -0.2) is 0 Å². The van der Waals surface area contributed by atoms with Crippen LogP contribution in [0, 0.1) is 18.4 Å². The number of nitrogens with zero attached hydrogens (tertiary/aromatic N) is 2. The summed E-state index contributed by atoms with van der Waals surface area (Å²) in [4.78, 5) is 1.53. The van der Waals surface area contributed by atoms with Gasteiger partial charge in [-0.1, -0.05) is 29.8 Å². The number of nitriles is 1. The maximum Gasteiger partial charge on any atom is 0.188 e. The maximum atomic E-state index is 8.93. The van der Waals surface area contributed by atoms with Crippen LogP contribution in [-0.4, -0.2) is 4.90 Å². The minimum absolute atomic E-state index is 0.861. The van der Waals surface area contributed by atoms with E-state index in [1.165, 1.54) is 10.5 Å². The van der Waals surface area contributed by atoms with E-state index in [4.69, 9.17) is 5.26 Å². The van der Waals surface area contributed by atoms with Crippen molar-refractivity contribution in [2.45, 2.75) is 6.92 Å². The number of nitrogens with one attached hydrogen (secondary N) is 1. The molecule has 1 aromatic rings. The first-order valence-corrected chi connectivity index (χ1v) is 4.70. The second-order valence-corrected chi connectivity index (χ2v) is 3.35. The fourth-order valence-electron chi connectivity index (χ4n) is 1.43. The zero-order valence-electron chi connectivity index (χ0n) is 8.44. The van der Waals surface area contributed by atoms with Gasteiger partial charge in [0.15, 0.2) is 6.19 Å². The standard InChI is InChI=1S/C12H11N3/c1-10-2-4-11(5-3-10)12-8-14-6-7-15(12)9-13/h2-8,14H,1H3. The van der Waals surface area contributed by atoms with Crippen molar-refractivity contribution in [3.8, 4) is 6.19 Å². The topological polar surface area (TPSA) is 39.1 Å². The van der Waals surface area contributed by atoms with Gasteiger partial charge in [0.05, 0.1) is 5.70 Å². The molecule has 1 aliphatic rings. The van der Waals surface area contributed by atoms with Crippen LogP contribution in [0.15, 0.2) is 42.9 Å². The molecule has 2 rings (SSSR count). The van der Waals surface area contributed by atoms with E-state index >= 15 is 0 Å². The Bertz CT molecular complexity index is 449. The molecule has 1 N–H and O–H groups in total. The Kier molecular flexibility index (Phi) is 2.42. The quantitative estimate of drug-likeness (QED) is 0.701. The SMILES string of the molecule is Cc1ccc(C2=CNC=CN2C#N)cc1. The largest absolute Gasteiger partial charge is 0.365 e. The molecule has 0 aliphatic carbocycles. The molecule has 3 nitrogen and oxygen atoms in total. The van der Waals surface area contributed by atoms with Crippen LogP contribution in [0.25, 0.3) is 5.70 Å². The van der Waals surface area contributed by atoms with Crippen LogP contribution in [0.2, 0.25) is 0 Å². The average molecular weight is 197 g/mol. The summed E-state index contributed by atoms with van der Waals surface area (Å²) in [5.41, 5.74) is 3.10. The second kappa shape index (κ2) is 3.89. The van der Waals surface area contributed by atoms with Crippen molar-refractivity contribution >= 4 is 5.70 Å². The molecule has 0 saturated carbocycles. The number of rotatable bonds is 1. The van der Waals surface area contributed by atoms with Gasteiger partial charge in [0.25, 0.3) is 0 Å². The monoisotopic (exact) mass is 197 g/mol. The predicted molar refractivity (Wildman–Crippen MR) is 58.9 cm³/mol. The minimum Gasteiger partial charge on any atom is -0.365 e. The molecule has 74 valence electrons. The predicted octanol–water partition coefficient (Wildman–Crippen LogP) is 2.15. The van der Waals surface area contributed by atoms with Crippen molar-refractivity contribution in [3.63, 3.8) is 0 Å². The molecule has 0 radical (unpaired) electrons. The summed E-state index contributed by atoms with van der Waals surface area (Å²) in [5.74, 6) is 0. The average Bonchev–Trinajstić information content (AvgIpc) is 2.30. The minimum atomic E-state index is 0.861. The molecule has 1 aromatic carbocycles. The molecule has 0 bridgehead atoms. The van der Waals surface area contributed by atoms with Crippen molar-refractivity contribution in [2.24, 2.45) is 0 Å². The van der Waals surface area contributed by atoms with Crippen molar-refractivity contribution in [2.75, 3.05) is 0 Å². The lowest BCUT2D eigenvalue weighted by atomic mass is 10.1. The van der Waals surface area contributed by atoms with E-state index in [-0.39, 0.29) is 0 Å². The van der Waals surface area contributed by atoms with Crippen LogP contribution in [-0.2, 0) is 0 Å². The van der Waals surface area contributed by atoms with Crippen LogP contribution >= 0.6 is 0 Å². The summed E-state index contributed by atoms with van der Waals surface area (Å²) in [5, 5.41) is 11.9. The highest BCUT2D eigenvalue weighted by Gasteiger charge is 2.10. The van der Waals surface area contributed by atoms with Gasteiger partial charge < -0.3 is 5.32 Å². The van der Waals surface area contributed by atoms with Crippen LogP contribution in [0.3, 0.4) is 0 Å². The van der Waals surface area contributed by atoms with Crippen LogP contribution in [0.4, 0.5) is 0 Å². The third-order valence-electron chi connectivity index (χ3n) is 2.25. The third kappa shape index (κ3) is 1.84. The molecule has 0 aromatic heterocycles. The van der Waals surface area contributed by atoms with E-state index in [0.29, 0.717) is 0 Å². The molecule has 0 atom stereocenters. The molecular formula is C12H11N3. The Labute approximate surface area is 88.9 Å². The highest BCUT2D eigenvalue weighted by molar-refractivity contribution is 5.67. The number of hydrogen-bond acceptors (Lipinski definition) is 3. The first-order valence-electron chi connectivity index (χ1n) is 4.70.